The number of para-hydroxylation sites is 4. The lowest BCUT2D eigenvalue weighted by Crippen LogP contribution is -1.91. The highest BCUT2D eigenvalue weighted by atomic mass is 32.1. The van der Waals surface area contributed by atoms with Gasteiger partial charge in [-0.2, -0.15) is 0 Å². The van der Waals surface area contributed by atoms with Gasteiger partial charge in [0.15, 0.2) is 0 Å². The Bertz CT molecular complexity index is 2660. The van der Waals surface area contributed by atoms with Crippen molar-refractivity contribution in [2.75, 3.05) is 0 Å². The molecule has 0 saturated heterocycles. The summed E-state index contributed by atoms with van der Waals surface area (Å²) in [6, 6.07) is 53.1. The summed E-state index contributed by atoms with van der Waals surface area (Å²) in [5.74, 6) is 0. The topological polar surface area (TPSA) is 64.5 Å². The molecule has 0 radical (unpaired) electrons. The first kappa shape index (κ1) is 31.5. The molecular weight excluding hydrogens is 739 g/mol. The summed E-state index contributed by atoms with van der Waals surface area (Å²) < 4.78 is 4.64. The molecule has 54 heavy (non-hydrogen) atoms. The van der Waals surface area contributed by atoms with Crippen molar-refractivity contribution in [2.24, 2.45) is 0 Å². The van der Waals surface area contributed by atoms with Crippen LogP contribution in [0.4, 0.5) is 0 Å². The van der Waals surface area contributed by atoms with Crippen LogP contribution in [0.5, 0.6) is 0 Å². The van der Waals surface area contributed by atoms with Gasteiger partial charge in [-0.05, 0) is 101 Å². The fourth-order valence-corrected chi connectivity index (χ4v) is 10.5. The minimum atomic E-state index is 0.844. The zero-order valence-electron chi connectivity index (χ0n) is 28.3. The number of rotatable bonds is 6. The molecule has 0 unspecified atom stereocenters. The van der Waals surface area contributed by atoms with Gasteiger partial charge in [-0.1, -0.05) is 72.8 Å². The molecule has 0 aliphatic rings. The van der Waals surface area contributed by atoms with E-state index >= 15 is 0 Å². The van der Waals surface area contributed by atoms with Gasteiger partial charge in [-0.3, -0.25) is 0 Å². The first-order valence-corrected chi connectivity index (χ1v) is 20.7. The Hall–Kier alpha value is -5.97. The number of aromatic nitrogens is 5. The molecule has 11 rings (SSSR count). The molecular formula is C45H25N5S4. The molecule has 5 aromatic heterocycles. The summed E-state index contributed by atoms with van der Waals surface area (Å²) in [6.07, 6.45) is 0. The van der Waals surface area contributed by atoms with Crippen molar-refractivity contribution < 1.29 is 0 Å². The van der Waals surface area contributed by atoms with Gasteiger partial charge >= 0.3 is 0 Å². The summed E-state index contributed by atoms with van der Waals surface area (Å²) in [5, 5.41) is 3.79. The third-order valence-corrected chi connectivity index (χ3v) is 13.7. The number of pyridine rings is 1. The smallest absolute Gasteiger partial charge is 0.143 e. The second-order valence-corrected chi connectivity index (χ2v) is 17.1. The molecule has 0 atom stereocenters. The van der Waals surface area contributed by atoms with Crippen molar-refractivity contribution >= 4 is 86.2 Å². The van der Waals surface area contributed by atoms with Crippen molar-refractivity contribution in [1.82, 2.24) is 24.9 Å². The lowest BCUT2D eigenvalue weighted by atomic mass is 9.97. The van der Waals surface area contributed by atoms with Crippen molar-refractivity contribution in [3.8, 4) is 64.8 Å². The molecule has 0 aliphatic carbocycles. The van der Waals surface area contributed by atoms with Gasteiger partial charge in [0.25, 0.3) is 0 Å². The molecule has 0 saturated carbocycles. The van der Waals surface area contributed by atoms with Crippen LogP contribution in [0.25, 0.3) is 106 Å². The van der Waals surface area contributed by atoms with Crippen LogP contribution in [0, 0.1) is 0 Å². The molecule has 0 aliphatic heterocycles. The van der Waals surface area contributed by atoms with Crippen LogP contribution in [-0.4, -0.2) is 24.9 Å². The maximum absolute atomic E-state index is 5.15. The summed E-state index contributed by atoms with van der Waals surface area (Å²) in [5.41, 5.74) is 12.3. The Kier molecular flexibility index (Phi) is 7.51. The zero-order valence-corrected chi connectivity index (χ0v) is 31.6. The molecule has 9 heteroatoms. The Morgan fingerprint density at radius 1 is 0.259 bits per heavy atom. The molecule has 5 nitrogen and oxygen atoms in total. The van der Waals surface area contributed by atoms with Gasteiger partial charge in [-0.25, -0.2) is 24.9 Å². The van der Waals surface area contributed by atoms with Crippen LogP contribution in [0.15, 0.2) is 152 Å². The number of thiazole rings is 4. The highest BCUT2D eigenvalue weighted by Crippen LogP contribution is 2.40. The normalized spacial score (nSPS) is 11.7. The summed E-state index contributed by atoms with van der Waals surface area (Å²) in [4.78, 5) is 25.2. The minimum Gasteiger partial charge on any atom is -0.243 e. The third kappa shape index (κ3) is 5.69. The first-order chi connectivity index (χ1) is 26.7. The summed E-state index contributed by atoms with van der Waals surface area (Å²) in [6.45, 7) is 0. The van der Waals surface area contributed by atoms with Crippen molar-refractivity contribution in [3.63, 3.8) is 0 Å². The molecule has 0 N–H and O–H groups in total. The maximum Gasteiger partial charge on any atom is 0.143 e. The largest absolute Gasteiger partial charge is 0.243 e. The van der Waals surface area contributed by atoms with Gasteiger partial charge in [-0.15, -0.1) is 45.3 Å². The van der Waals surface area contributed by atoms with E-state index in [0.29, 0.717) is 0 Å². The highest BCUT2D eigenvalue weighted by molar-refractivity contribution is 7.22. The fraction of sp³-hybridized carbons (Fsp3) is 0. The van der Waals surface area contributed by atoms with Crippen LogP contribution in [-0.2, 0) is 0 Å². The summed E-state index contributed by atoms with van der Waals surface area (Å²) >= 11 is 6.77. The summed E-state index contributed by atoms with van der Waals surface area (Å²) in [7, 11) is 0. The maximum atomic E-state index is 5.15. The van der Waals surface area contributed by atoms with Gasteiger partial charge < -0.3 is 0 Å². The van der Waals surface area contributed by atoms with Crippen molar-refractivity contribution in [2.45, 2.75) is 0 Å². The Labute approximate surface area is 325 Å². The second-order valence-electron chi connectivity index (χ2n) is 12.9. The highest BCUT2D eigenvalue weighted by Gasteiger charge is 2.17. The number of benzene rings is 6. The number of nitrogens with zero attached hydrogens (tertiary/aromatic N) is 5. The van der Waals surface area contributed by atoms with E-state index in [1.807, 2.05) is 24.3 Å². The van der Waals surface area contributed by atoms with E-state index in [9.17, 15) is 0 Å². The SMILES string of the molecule is c1ccc2sc(-c3cc(-c4ccc(-c5cc(-c6nc7ccccc7s6)nc(-c6nc7ccccc7s6)c5)cc4)cc(-c4nc5ccccc5s4)c3)nc2c1. The average molecular weight is 764 g/mol. The van der Waals surface area contributed by atoms with Crippen LogP contribution >= 0.6 is 45.3 Å². The van der Waals surface area contributed by atoms with E-state index in [-0.39, 0.29) is 0 Å². The van der Waals surface area contributed by atoms with E-state index in [1.54, 1.807) is 45.3 Å². The van der Waals surface area contributed by atoms with Crippen LogP contribution < -0.4 is 0 Å². The first-order valence-electron chi connectivity index (χ1n) is 17.4. The average Bonchev–Trinajstić information content (AvgIpc) is 4.04. The predicted molar refractivity (Wildman–Crippen MR) is 230 cm³/mol. The molecule has 0 fully saturated rings. The van der Waals surface area contributed by atoms with Crippen LogP contribution in [0.1, 0.15) is 0 Å². The van der Waals surface area contributed by atoms with Gasteiger partial charge in [0, 0.05) is 11.1 Å². The molecule has 6 aromatic carbocycles. The number of fused-ring (bicyclic) bond motifs is 4. The molecule has 0 amide bonds. The van der Waals surface area contributed by atoms with Crippen LogP contribution in [0.3, 0.4) is 0 Å². The number of hydrogen-bond donors (Lipinski definition) is 0. The van der Waals surface area contributed by atoms with E-state index in [2.05, 4.69) is 127 Å². The van der Waals surface area contributed by atoms with Gasteiger partial charge in [0.1, 0.15) is 31.4 Å². The molecule has 0 bridgehead atoms. The lowest BCUT2D eigenvalue weighted by Gasteiger charge is -2.10. The van der Waals surface area contributed by atoms with Crippen LogP contribution in [0.2, 0.25) is 0 Å². The van der Waals surface area contributed by atoms with E-state index in [4.69, 9.17) is 24.9 Å². The van der Waals surface area contributed by atoms with Gasteiger partial charge in [0.05, 0.1) is 40.9 Å². The second kappa shape index (κ2) is 12.9. The minimum absolute atomic E-state index is 0.844. The molecule has 254 valence electrons. The van der Waals surface area contributed by atoms with E-state index in [1.165, 1.54) is 9.40 Å². The van der Waals surface area contributed by atoms with Crippen molar-refractivity contribution in [3.05, 3.63) is 152 Å². The lowest BCUT2D eigenvalue weighted by molar-refractivity contribution is 1.29. The van der Waals surface area contributed by atoms with E-state index in [0.717, 1.165) is 96.3 Å². The quantitative estimate of drug-likeness (QED) is 0.169. The van der Waals surface area contributed by atoms with Gasteiger partial charge in [0.2, 0.25) is 0 Å². The monoisotopic (exact) mass is 763 g/mol. The molecule has 5 heterocycles. The molecule has 11 aromatic rings. The van der Waals surface area contributed by atoms with E-state index < -0.39 is 0 Å². The Morgan fingerprint density at radius 2 is 0.574 bits per heavy atom. The fourth-order valence-electron chi connectivity index (χ4n) is 6.77. The zero-order chi connectivity index (χ0) is 35.6. The Morgan fingerprint density at radius 3 is 0.963 bits per heavy atom. The standard InChI is InChI=1S/C45H25N5S4/c1-5-13-38-32(9-1)47-42(51-38)30-21-28(22-31(23-30)43-48-33-10-2-6-14-39(33)52-43)26-17-19-27(20-18-26)29-24-36(44-49-34-11-3-7-15-40(34)53-44)46-37(25-29)45-50-35-12-4-8-16-41(35)54-45/h1-25H. The Balaban J connectivity index is 1.03. The number of hydrogen-bond acceptors (Lipinski definition) is 9. The third-order valence-electron chi connectivity index (χ3n) is 9.42. The molecule has 0 spiro atoms. The predicted octanol–water partition coefficient (Wildman–Crippen LogP) is 13.5. The van der Waals surface area contributed by atoms with Crippen molar-refractivity contribution in [1.29, 1.82) is 0 Å².